The molecule has 7 nitrogen and oxygen atoms in total. The van der Waals surface area contributed by atoms with E-state index < -0.39 is 0 Å². The Bertz CT molecular complexity index is 727. The zero-order chi connectivity index (χ0) is 13.9. The van der Waals surface area contributed by atoms with Gasteiger partial charge in [-0.3, -0.25) is 4.79 Å². The highest BCUT2D eigenvalue weighted by Gasteiger charge is 2.11. The predicted octanol–water partition coefficient (Wildman–Crippen LogP) is 2.02. The van der Waals surface area contributed by atoms with Crippen LogP contribution in [0, 0.1) is 0 Å². The Hall–Kier alpha value is -2.32. The van der Waals surface area contributed by atoms with Crippen LogP contribution in [0.15, 0.2) is 35.4 Å². The van der Waals surface area contributed by atoms with E-state index in [9.17, 15) is 4.79 Å². The Labute approximate surface area is 122 Å². The lowest BCUT2D eigenvalue weighted by molar-refractivity contribution is 0.102. The lowest BCUT2D eigenvalue weighted by Gasteiger charge is -2.08. The largest absolute Gasteiger partial charge is 0.319 e. The molecule has 9 heteroatoms. The molecule has 2 aromatic heterocycles. The van der Waals surface area contributed by atoms with Gasteiger partial charge in [-0.05, 0) is 28.6 Å². The zero-order valence-electron chi connectivity index (χ0n) is 9.89. The van der Waals surface area contributed by atoms with Gasteiger partial charge < -0.3 is 5.32 Å². The van der Waals surface area contributed by atoms with Crippen LogP contribution in [0.2, 0.25) is 5.02 Å². The van der Waals surface area contributed by atoms with E-state index in [1.54, 1.807) is 29.1 Å². The summed E-state index contributed by atoms with van der Waals surface area (Å²) < 4.78 is 1.47. The molecule has 0 atom stereocenters. The van der Waals surface area contributed by atoms with Gasteiger partial charge in [0.1, 0.15) is 12.0 Å². The molecule has 1 amide bonds. The fraction of sp³-hybridized carbons (Fsp3) is 0. The van der Waals surface area contributed by atoms with Gasteiger partial charge in [0.25, 0.3) is 5.91 Å². The van der Waals surface area contributed by atoms with E-state index in [2.05, 4.69) is 25.8 Å². The molecular weight excluding hydrogens is 300 g/mol. The third-order valence-corrected chi connectivity index (χ3v) is 3.39. The van der Waals surface area contributed by atoms with Gasteiger partial charge in [0.15, 0.2) is 0 Å². The molecule has 0 radical (unpaired) electrons. The van der Waals surface area contributed by atoms with Gasteiger partial charge in [0, 0.05) is 5.38 Å². The molecule has 1 N–H and O–H groups in total. The Morgan fingerprint density at radius 3 is 3.00 bits per heavy atom. The van der Waals surface area contributed by atoms with E-state index in [1.165, 1.54) is 22.3 Å². The number of nitrogens with zero attached hydrogens (tertiary/aromatic N) is 5. The molecule has 0 saturated carbocycles. The average Bonchev–Trinajstić information content (AvgIpc) is 3.14. The highest BCUT2D eigenvalue weighted by Crippen LogP contribution is 2.25. The summed E-state index contributed by atoms with van der Waals surface area (Å²) in [6, 6.07) is 5.09. The number of carbonyl (C=O) groups excluding carboxylic acids is 1. The summed E-state index contributed by atoms with van der Waals surface area (Å²) in [6.45, 7) is 0. The average molecular weight is 307 g/mol. The van der Waals surface area contributed by atoms with E-state index in [-0.39, 0.29) is 5.91 Å². The normalized spacial score (nSPS) is 10.4. The van der Waals surface area contributed by atoms with Crippen molar-refractivity contribution in [1.29, 1.82) is 0 Å². The number of hydrogen-bond donors (Lipinski definition) is 1. The Morgan fingerprint density at radius 2 is 2.30 bits per heavy atom. The van der Waals surface area contributed by atoms with Crippen molar-refractivity contribution in [1.82, 2.24) is 25.2 Å². The van der Waals surface area contributed by atoms with E-state index in [4.69, 9.17) is 11.6 Å². The van der Waals surface area contributed by atoms with Crippen molar-refractivity contribution in [3.63, 3.8) is 0 Å². The van der Waals surface area contributed by atoms with Crippen molar-refractivity contribution in [2.45, 2.75) is 0 Å². The minimum atomic E-state index is -0.318. The first-order valence-electron chi connectivity index (χ1n) is 5.46. The Kier molecular flexibility index (Phi) is 3.40. The number of hydrogen-bond acceptors (Lipinski definition) is 6. The predicted molar refractivity (Wildman–Crippen MR) is 74.2 cm³/mol. The van der Waals surface area contributed by atoms with Crippen LogP contribution in [-0.2, 0) is 0 Å². The molecule has 3 aromatic rings. The van der Waals surface area contributed by atoms with Crippen LogP contribution in [0.1, 0.15) is 10.5 Å². The zero-order valence-corrected chi connectivity index (χ0v) is 11.5. The lowest BCUT2D eigenvalue weighted by Crippen LogP contribution is -2.12. The number of anilines is 1. The number of carbonyl (C=O) groups is 1. The Balaban J connectivity index is 1.89. The molecule has 0 bridgehead atoms. The van der Waals surface area contributed by atoms with Crippen LogP contribution in [0.5, 0.6) is 0 Å². The van der Waals surface area contributed by atoms with E-state index in [1.807, 2.05) is 0 Å². The van der Waals surface area contributed by atoms with Crippen LogP contribution < -0.4 is 5.32 Å². The van der Waals surface area contributed by atoms with Crippen LogP contribution >= 0.6 is 22.9 Å². The van der Waals surface area contributed by atoms with Gasteiger partial charge in [-0.2, -0.15) is 0 Å². The summed E-state index contributed by atoms with van der Waals surface area (Å²) in [5, 5.41) is 15.7. The highest BCUT2D eigenvalue weighted by molar-refractivity contribution is 7.07. The van der Waals surface area contributed by atoms with Crippen LogP contribution in [0.25, 0.3) is 5.69 Å². The van der Waals surface area contributed by atoms with Gasteiger partial charge in [-0.25, -0.2) is 9.67 Å². The SMILES string of the molecule is O=C(Nc1cc(-n2cnnn2)ccc1Cl)c1cscn1. The van der Waals surface area contributed by atoms with Gasteiger partial charge in [-0.1, -0.05) is 11.6 Å². The third kappa shape index (κ3) is 2.51. The third-order valence-electron chi connectivity index (χ3n) is 2.48. The fourth-order valence-corrected chi connectivity index (χ4v) is 2.24. The molecule has 3 rings (SSSR count). The number of aromatic nitrogens is 5. The number of benzene rings is 1. The van der Waals surface area contributed by atoms with Crippen LogP contribution in [0.4, 0.5) is 5.69 Å². The number of rotatable bonds is 3. The van der Waals surface area contributed by atoms with Gasteiger partial charge in [-0.15, -0.1) is 16.4 Å². The maximum atomic E-state index is 12.0. The number of tetrazole rings is 1. The maximum Gasteiger partial charge on any atom is 0.275 e. The quantitative estimate of drug-likeness (QED) is 0.800. The smallest absolute Gasteiger partial charge is 0.275 e. The van der Waals surface area contributed by atoms with Crippen molar-refractivity contribution in [2.24, 2.45) is 0 Å². The second-order valence-corrected chi connectivity index (χ2v) is 4.87. The van der Waals surface area contributed by atoms with Gasteiger partial charge in [0.2, 0.25) is 0 Å². The summed E-state index contributed by atoms with van der Waals surface area (Å²) >= 11 is 7.42. The monoisotopic (exact) mass is 306 g/mol. The number of halogens is 1. The minimum absolute atomic E-state index is 0.318. The molecule has 0 saturated heterocycles. The Morgan fingerprint density at radius 1 is 1.40 bits per heavy atom. The molecule has 2 heterocycles. The molecule has 20 heavy (non-hydrogen) atoms. The summed E-state index contributed by atoms with van der Waals surface area (Å²) in [6.07, 6.45) is 1.45. The molecule has 1 aromatic carbocycles. The molecule has 0 unspecified atom stereocenters. The number of thiazole rings is 1. The highest BCUT2D eigenvalue weighted by atomic mass is 35.5. The molecule has 0 aliphatic carbocycles. The van der Waals surface area contributed by atoms with Crippen molar-refractivity contribution in [3.05, 3.63) is 46.1 Å². The van der Waals surface area contributed by atoms with E-state index in [0.717, 1.165) is 0 Å². The molecule has 0 fully saturated rings. The number of nitrogens with one attached hydrogen (secondary N) is 1. The van der Waals surface area contributed by atoms with Crippen LogP contribution in [-0.4, -0.2) is 31.1 Å². The first-order chi connectivity index (χ1) is 9.74. The second kappa shape index (κ2) is 5.35. The van der Waals surface area contributed by atoms with Crippen LogP contribution in [0.3, 0.4) is 0 Å². The number of amides is 1. The summed E-state index contributed by atoms with van der Waals surface area (Å²) in [5.74, 6) is -0.318. The van der Waals surface area contributed by atoms with Gasteiger partial charge >= 0.3 is 0 Å². The van der Waals surface area contributed by atoms with Crippen molar-refractivity contribution >= 4 is 34.5 Å². The molecule has 0 aliphatic rings. The van der Waals surface area contributed by atoms with Crippen molar-refractivity contribution in [3.8, 4) is 5.69 Å². The fourth-order valence-electron chi connectivity index (χ4n) is 1.54. The topological polar surface area (TPSA) is 85.6 Å². The lowest BCUT2D eigenvalue weighted by atomic mass is 10.2. The standard InChI is InChI=1S/C11H7ClN6OS/c12-8-2-1-7(18-5-14-16-17-18)3-9(8)15-11(19)10-4-20-6-13-10/h1-6H,(H,15,19). The molecule has 100 valence electrons. The second-order valence-electron chi connectivity index (χ2n) is 3.75. The molecule has 0 aliphatic heterocycles. The van der Waals surface area contributed by atoms with E-state index >= 15 is 0 Å². The maximum absolute atomic E-state index is 12.0. The summed E-state index contributed by atoms with van der Waals surface area (Å²) in [7, 11) is 0. The minimum Gasteiger partial charge on any atom is -0.319 e. The van der Waals surface area contributed by atoms with Crippen molar-refractivity contribution < 1.29 is 4.79 Å². The van der Waals surface area contributed by atoms with Crippen molar-refractivity contribution in [2.75, 3.05) is 5.32 Å². The summed E-state index contributed by atoms with van der Waals surface area (Å²) in [5.41, 5.74) is 3.10. The summed E-state index contributed by atoms with van der Waals surface area (Å²) in [4.78, 5) is 15.9. The van der Waals surface area contributed by atoms with Gasteiger partial charge in [0.05, 0.1) is 21.9 Å². The molecular formula is C11H7ClN6OS. The first kappa shape index (κ1) is 12.7. The van der Waals surface area contributed by atoms with E-state index in [0.29, 0.717) is 22.1 Å². The first-order valence-corrected chi connectivity index (χ1v) is 6.78. The molecule has 0 spiro atoms.